The van der Waals surface area contributed by atoms with Gasteiger partial charge in [-0.25, -0.2) is 9.59 Å². The zero-order valence-electron chi connectivity index (χ0n) is 27.9. The molecule has 0 saturated heterocycles. The van der Waals surface area contributed by atoms with Gasteiger partial charge in [0.25, 0.3) is 11.8 Å². The molecular formula is C32H47N7O9. The Morgan fingerprint density at radius 3 is 2.23 bits per heavy atom. The van der Waals surface area contributed by atoms with Gasteiger partial charge in [-0.3, -0.25) is 28.9 Å². The van der Waals surface area contributed by atoms with Gasteiger partial charge in [-0.15, -0.1) is 0 Å². The smallest absolute Gasteiger partial charge is 0.407 e. The lowest BCUT2D eigenvalue weighted by molar-refractivity contribution is -0.137. The van der Waals surface area contributed by atoms with Crippen molar-refractivity contribution >= 4 is 47.3 Å². The minimum absolute atomic E-state index is 0.0968. The molecule has 0 aromatic heterocycles. The van der Waals surface area contributed by atoms with Crippen LogP contribution in [0.1, 0.15) is 64.9 Å². The number of urea groups is 1. The molecule has 1 aromatic rings. The van der Waals surface area contributed by atoms with Crippen molar-refractivity contribution < 1.29 is 43.0 Å². The summed E-state index contributed by atoms with van der Waals surface area (Å²) in [7, 11) is 1.43. The third kappa shape index (κ3) is 13.7. The Kier molecular flexibility index (Phi) is 16.4. The van der Waals surface area contributed by atoms with Crippen LogP contribution < -0.4 is 37.1 Å². The first-order valence-electron chi connectivity index (χ1n) is 15.9. The lowest BCUT2D eigenvalue weighted by atomic mass is 10.0. The van der Waals surface area contributed by atoms with Crippen molar-refractivity contribution in [3.63, 3.8) is 0 Å². The largest absolute Gasteiger partial charge is 0.493 e. The molecule has 1 heterocycles. The van der Waals surface area contributed by atoms with Crippen LogP contribution in [-0.4, -0.2) is 85.4 Å². The second-order valence-corrected chi connectivity index (χ2v) is 11.5. The summed E-state index contributed by atoms with van der Waals surface area (Å²) in [6.07, 6.45) is 5.21. The molecule has 1 aliphatic rings. The minimum atomic E-state index is -1.02. The Hall–Kier alpha value is -5.15. The number of carbonyl (C=O) groups is 7. The number of anilines is 1. The zero-order valence-corrected chi connectivity index (χ0v) is 27.9. The quantitative estimate of drug-likeness (QED) is 0.0868. The molecule has 0 aliphatic carbocycles. The Labute approximate surface area is 279 Å². The van der Waals surface area contributed by atoms with Crippen molar-refractivity contribution in [3.8, 4) is 5.75 Å². The molecule has 16 heteroatoms. The van der Waals surface area contributed by atoms with Crippen LogP contribution in [0.4, 0.5) is 15.3 Å². The first kappa shape index (κ1) is 39.0. The van der Waals surface area contributed by atoms with E-state index in [1.165, 1.54) is 31.0 Å². The van der Waals surface area contributed by atoms with E-state index in [0.29, 0.717) is 49.4 Å². The maximum atomic E-state index is 13.4. The highest BCUT2D eigenvalue weighted by molar-refractivity contribution is 6.12. The van der Waals surface area contributed by atoms with Gasteiger partial charge in [-0.2, -0.15) is 0 Å². The van der Waals surface area contributed by atoms with Crippen LogP contribution in [0, 0.1) is 5.92 Å². The summed E-state index contributed by atoms with van der Waals surface area (Å²) < 4.78 is 11.2. The number of hydrogen-bond donors (Lipinski definition) is 6. The van der Waals surface area contributed by atoms with Gasteiger partial charge in [0.15, 0.2) is 0 Å². The van der Waals surface area contributed by atoms with Crippen LogP contribution in [0.15, 0.2) is 30.4 Å². The van der Waals surface area contributed by atoms with Crippen molar-refractivity contribution in [2.24, 2.45) is 11.7 Å². The van der Waals surface area contributed by atoms with E-state index < -0.39 is 41.9 Å². The number of ether oxygens (including phenoxy) is 2. The number of unbranched alkanes of at least 4 members (excludes halogenated alkanes) is 3. The number of nitrogens with zero attached hydrogens (tertiary/aromatic N) is 1. The molecule has 2 rings (SSSR count). The van der Waals surface area contributed by atoms with Crippen LogP contribution in [0.5, 0.6) is 5.75 Å². The SMILES string of the molecule is CNC(=O)OCc1ccc(NC(=O)[C@H](CCCNC(N)=O)NC(=O)C(NC(C)=O)C(C)C)cc1OCCCCCCN1C(=O)C=CC1=O. The first-order chi connectivity index (χ1) is 22.8. The Bertz CT molecular complexity index is 1330. The number of rotatable bonds is 20. The molecule has 0 fully saturated rings. The van der Waals surface area contributed by atoms with E-state index in [4.69, 9.17) is 15.2 Å². The van der Waals surface area contributed by atoms with Crippen molar-refractivity contribution in [1.29, 1.82) is 0 Å². The number of primary amides is 1. The molecule has 1 aromatic carbocycles. The van der Waals surface area contributed by atoms with Crippen LogP contribution in [0.2, 0.25) is 0 Å². The highest BCUT2D eigenvalue weighted by atomic mass is 16.5. The number of hydrogen-bond acceptors (Lipinski definition) is 9. The number of alkyl carbamates (subject to hydrolysis) is 1. The van der Waals surface area contributed by atoms with Gasteiger partial charge >= 0.3 is 12.1 Å². The number of amides is 8. The molecule has 264 valence electrons. The van der Waals surface area contributed by atoms with E-state index in [2.05, 4.69) is 26.6 Å². The first-order valence-corrected chi connectivity index (χ1v) is 15.9. The highest BCUT2D eigenvalue weighted by Crippen LogP contribution is 2.25. The minimum Gasteiger partial charge on any atom is -0.493 e. The summed E-state index contributed by atoms with van der Waals surface area (Å²) in [5, 5.41) is 12.9. The van der Waals surface area contributed by atoms with E-state index in [1.807, 2.05) is 0 Å². The van der Waals surface area contributed by atoms with Gasteiger partial charge in [0.1, 0.15) is 24.4 Å². The lowest BCUT2D eigenvalue weighted by Crippen LogP contribution is -2.54. The fourth-order valence-electron chi connectivity index (χ4n) is 4.69. The van der Waals surface area contributed by atoms with E-state index in [-0.39, 0.29) is 37.3 Å². The molecule has 8 amide bonds. The number of imide groups is 1. The number of nitrogens with one attached hydrogen (secondary N) is 5. The van der Waals surface area contributed by atoms with Gasteiger partial charge in [-0.1, -0.05) is 26.7 Å². The molecule has 48 heavy (non-hydrogen) atoms. The van der Waals surface area contributed by atoms with Gasteiger partial charge < -0.3 is 41.8 Å². The summed E-state index contributed by atoms with van der Waals surface area (Å²) >= 11 is 0. The second kappa shape index (κ2) is 20.2. The molecule has 0 spiro atoms. The Morgan fingerprint density at radius 1 is 0.917 bits per heavy atom. The number of nitrogens with two attached hydrogens (primary N) is 1. The van der Waals surface area contributed by atoms with Gasteiger partial charge in [0.2, 0.25) is 17.7 Å². The maximum Gasteiger partial charge on any atom is 0.407 e. The van der Waals surface area contributed by atoms with Crippen LogP contribution in [0.3, 0.4) is 0 Å². The van der Waals surface area contributed by atoms with E-state index in [0.717, 1.165) is 12.8 Å². The van der Waals surface area contributed by atoms with E-state index in [9.17, 15) is 33.6 Å². The fraction of sp³-hybridized carbons (Fsp3) is 0.531. The third-order valence-electron chi connectivity index (χ3n) is 7.24. The second-order valence-electron chi connectivity index (χ2n) is 11.5. The van der Waals surface area contributed by atoms with Crippen molar-refractivity contribution in [2.45, 2.75) is 78.0 Å². The average molecular weight is 674 g/mol. The van der Waals surface area contributed by atoms with E-state index >= 15 is 0 Å². The molecule has 16 nitrogen and oxygen atoms in total. The normalized spacial score (nSPS) is 13.5. The molecule has 0 saturated carbocycles. The van der Waals surface area contributed by atoms with Crippen LogP contribution in [-0.2, 0) is 35.3 Å². The Morgan fingerprint density at radius 2 is 1.60 bits per heavy atom. The van der Waals surface area contributed by atoms with Crippen molar-refractivity contribution in [1.82, 2.24) is 26.2 Å². The van der Waals surface area contributed by atoms with Gasteiger partial charge in [0.05, 0.1) is 6.61 Å². The molecule has 0 radical (unpaired) electrons. The Balaban J connectivity index is 2.09. The summed E-state index contributed by atoms with van der Waals surface area (Å²) in [6, 6.07) is 2.21. The molecule has 7 N–H and O–H groups in total. The summed E-state index contributed by atoms with van der Waals surface area (Å²) in [6.45, 7) is 5.56. The topological polar surface area (TPSA) is 227 Å². The predicted molar refractivity (Wildman–Crippen MR) is 175 cm³/mol. The fourth-order valence-corrected chi connectivity index (χ4v) is 4.69. The van der Waals surface area contributed by atoms with Crippen molar-refractivity contribution in [3.05, 3.63) is 35.9 Å². The van der Waals surface area contributed by atoms with Gasteiger partial charge in [0, 0.05) is 56.5 Å². The molecule has 2 atom stereocenters. The number of carbonyl (C=O) groups excluding carboxylic acids is 7. The molecule has 1 unspecified atom stereocenters. The molecule has 1 aliphatic heterocycles. The lowest BCUT2D eigenvalue weighted by Gasteiger charge is -2.25. The summed E-state index contributed by atoms with van der Waals surface area (Å²) in [4.78, 5) is 85.6. The summed E-state index contributed by atoms with van der Waals surface area (Å²) in [5.74, 6) is -1.97. The van der Waals surface area contributed by atoms with E-state index in [1.54, 1.807) is 32.0 Å². The predicted octanol–water partition coefficient (Wildman–Crippen LogP) is 1.44. The zero-order chi connectivity index (χ0) is 35.6. The highest BCUT2D eigenvalue weighted by Gasteiger charge is 2.28. The molecule has 0 bridgehead atoms. The average Bonchev–Trinajstić information content (AvgIpc) is 3.35. The monoisotopic (exact) mass is 673 g/mol. The van der Waals surface area contributed by atoms with Crippen LogP contribution >= 0.6 is 0 Å². The standard InChI is InChI=1S/C32H47N7O9/c1-20(2)28(36-21(3)40)30(44)38-24(10-9-15-35-31(33)45)29(43)37-23-12-11-22(19-48-32(46)34-4)25(18-23)47-17-8-6-5-7-16-39-26(41)13-14-27(39)42/h11-14,18,20,24,28H,5-10,15-17,19H2,1-4H3,(H,34,46)(H,36,40)(H,37,43)(H,38,44)(H3,33,35,45)/t24-,28?/m0/s1. The summed E-state index contributed by atoms with van der Waals surface area (Å²) in [5.41, 5.74) is 6.03. The molecular weight excluding hydrogens is 626 g/mol. The van der Waals surface area contributed by atoms with Crippen LogP contribution in [0.25, 0.3) is 0 Å². The van der Waals surface area contributed by atoms with Gasteiger partial charge in [-0.05, 0) is 43.7 Å². The maximum absolute atomic E-state index is 13.4. The third-order valence-corrected chi connectivity index (χ3v) is 7.24. The van der Waals surface area contributed by atoms with Crippen molar-refractivity contribution in [2.75, 3.05) is 32.1 Å². The number of benzene rings is 1.